The molecule has 1 aromatic carbocycles. The van der Waals surface area contributed by atoms with Crippen molar-refractivity contribution in [3.8, 4) is 0 Å². The van der Waals surface area contributed by atoms with Gasteiger partial charge in [-0.05, 0) is 44.3 Å². The Bertz CT molecular complexity index is 492. The molecule has 1 aliphatic heterocycles. The molecule has 1 saturated carbocycles. The smallest absolute Gasteiger partial charge is 0 e. The van der Waals surface area contributed by atoms with Crippen LogP contribution in [-0.2, 0) is 39.8 Å². The van der Waals surface area contributed by atoms with Crippen molar-refractivity contribution in [2.24, 2.45) is 0 Å². The Morgan fingerprint density at radius 1 is 0.920 bits per heavy atom. The largest absolute Gasteiger partial charge is 0.0312 e. The van der Waals surface area contributed by atoms with E-state index in [0.29, 0.717) is 6.61 Å². The fraction of sp³-hybridized carbons (Fsp3) is 0.100. The van der Waals surface area contributed by atoms with Crippen molar-refractivity contribution >= 4 is 0 Å². The standard InChI is InChI=1S/C12H11O.C5H5.3CO.W/c1-2-10-8-9-13-12(10)11-6-4-3-5-7-11;1-2-4-5-3-1;3*1-2;/h2-7,12H,1,9H2;1-5H;;;;/q-1;;;;;. The molecular weight excluding hydrogens is 488 g/mol. The maximum absolute atomic E-state index is 7.50. The second-order valence-electron chi connectivity index (χ2n) is 3.90. The molecule has 3 rings (SSSR count). The Balaban J connectivity index is -0.000000340. The zero-order valence-corrected chi connectivity index (χ0v) is 16.3. The van der Waals surface area contributed by atoms with Crippen molar-refractivity contribution in [2.75, 3.05) is 6.61 Å². The van der Waals surface area contributed by atoms with Gasteiger partial charge in [0, 0.05) is 21.1 Å². The summed E-state index contributed by atoms with van der Waals surface area (Å²) < 4.78 is 28.0. The van der Waals surface area contributed by atoms with Crippen LogP contribution in [0.3, 0.4) is 0 Å². The third-order valence-electron chi connectivity index (χ3n) is 2.69. The number of hydrogen-bond acceptors (Lipinski definition) is 1. The Morgan fingerprint density at radius 2 is 1.36 bits per heavy atom. The van der Waals surface area contributed by atoms with Crippen LogP contribution in [0, 0.1) is 58.1 Å². The van der Waals surface area contributed by atoms with Gasteiger partial charge in [-0.2, -0.15) is 12.2 Å². The summed E-state index contributed by atoms with van der Waals surface area (Å²) in [6, 6.07) is 10.1. The molecule has 2 aliphatic rings. The van der Waals surface area contributed by atoms with Gasteiger partial charge in [0.25, 0.3) is 0 Å². The molecule has 1 heterocycles. The first-order chi connectivity index (χ1) is 11.9. The molecule has 0 bridgehead atoms. The number of hydrogen-bond donors (Lipinski definition) is 0. The summed E-state index contributed by atoms with van der Waals surface area (Å²) >= 11 is 0. The molecule has 1 aromatic rings. The van der Waals surface area contributed by atoms with Gasteiger partial charge in [-0.1, -0.05) is 30.3 Å². The van der Waals surface area contributed by atoms with Crippen LogP contribution in [0.1, 0.15) is 11.7 Å². The van der Waals surface area contributed by atoms with E-state index in [1.165, 1.54) is 5.56 Å². The van der Waals surface area contributed by atoms with Gasteiger partial charge in [-0.25, -0.2) is 12.2 Å². The minimum absolute atomic E-state index is 0. The monoisotopic (exact) mass is 504 g/mol. The first-order valence-corrected chi connectivity index (χ1v) is 6.59. The molecule has 0 spiro atoms. The third-order valence-corrected chi connectivity index (χ3v) is 2.69. The fourth-order valence-electron chi connectivity index (χ4n) is 1.79. The quantitative estimate of drug-likeness (QED) is 0.449. The maximum atomic E-state index is 7.50. The van der Waals surface area contributed by atoms with Gasteiger partial charge < -0.3 is 4.74 Å². The van der Waals surface area contributed by atoms with E-state index in [2.05, 4.69) is 44.7 Å². The Morgan fingerprint density at radius 3 is 1.76 bits per heavy atom. The second kappa shape index (κ2) is 22.6. The molecule has 127 valence electrons. The van der Waals surface area contributed by atoms with Crippen LogP contribution in [-0.4, -0.2) is 6.61 Å². The SMILES string of the molecule is C=CC1=[C-]COC1c1ccccc1.[C-]#[O+].[C-]#[O+].[C-]#[O+].[CH]1[CH][CH][CH][CH]1.[W]. The molecule has 25 heavy (non-hydrogen) atoms. The van der Waals surface area contributed by atoms with Crippen LogP contribution in [0.15, 0.2) is 48.6 Å². The van der Waals surface area contributed by atoms with Gasteiger partial charge in [0.1, 0.15) is 0 Å². The van der Waals surface area contributed by atoms with Crippen LogP contribution >= 0.6 is 0 Å². The molecule has 1 atom stereocenters. The van der Waals surface area contributed by atoms with Gasteiger partial charge >= 0.3 is 33.9 Å². The van der Waals surface area contributed by atoms with Crippen molar-refractivity contribution in [1.82, 2.24) is 0 Å². The first kappa shape index (κ1) is 28.4. The van der Waals surface area contributed by atoms with Crippen molar-refractivity contribution in [3.05, 3.63) is 112 Å². The van der Waals surface area contributed by atoms with Crippen molar-refractivity contribution < 1.29 is 39.8 Å². The Hall–Kier alpha value is -1.43. The molecule has 0 N–H and O–H groups in total. The minimum atomic E-state index is 0. The van der Waals surface area contributed by atoms with Crippen molar-refractivity contribution in [3.63, 3.8) is 0 Å². The molecule has 0 aromatic heterocycles. The van der Waals surface area contributed by atoms with Gasteiger partial charge in [0.05, 0.1) is 6.10 Å². The zero-order valence-electron chi connectivity index (χ0n) is 13.4. The molecule has 5 radical (unpaired) electrons. The van der Waals surface area contributed by atoms with Gasteiger partial charge in [-0.3, -0.25) is 0 Å². The van der Waals surface area contributed by atoms with Crippen LogP contribution in [0.5, 0.6) is 0 Å². The summed E-state index contributed by atoms with van der Waals surface area (Å²) in [6.07, 6.45) is 15.0. The summed E-state index contributed by atoms with van der Waals surface area (Å²) in [4.78, 5) is 0. The fourth-order valence-corrected chi connectivity index (χ4v) is 1.79. The van der Waals surface area contributed by atoms with E-state index < -0.39 is 0 Å². The van der Waals surface area contributed by atoms with E-state index in [1.54, 1.807) is 0 Å². The predicted octanol–water partition coefficient (Wildman–Crippen LogP) is 3.58. The summed E-state index contributed by atoms with van der Waals surface area (Å²) in [6.45, 7) is 17.8. The normalized spacial score (nSPS) is 16.1. The zero-order chi connectivity index (χ0) is 18.6. The van der Waals surface area contributed by atoms with Crippen LogP contribution in [0.4, 0.5) is 0 Å². The molecule has 4 nitrogen and oxygen atoms in total. The van der Waals surface area contributed by atoms with E-state index >= 15 is 0 Å². The van der Waals surface area contributed by atoms with Gasteiger partial charge in [0.15, 0.2) is 0 Å². The van der Waals surface area contributed by atoms with Gasteiger partial charge in [0.2, 0.25) is 0 Å². The van der Waals surface area contributed by atoms with Crippen molar-refractivity contribution in [2.45, 2.75) is 6.10 Å². The molecule has 0 saturated heterocycles. The van der Waals surface area contributed by atoms with E-state index in [9.17, 15) is 0 Å². The summed E-state index contributed by atoms with van der Waals surface area (Å²) in [5.41, 5.74) is 2.22. The topological polar surface area (TPSA) is 68.9 Å². The molecule has 1 aliphatic carbocycles. The van der Waals surface area contributed by atoms with Crippen LogP contribution in [0.25, 0.3) is 0 Å². The summed E-state index contributed by atoms with van der Waals surface area (Å²) in [5.74, 6) is 0. The van der Waals surface area contributed by atoms with Gasteiger partial charge in [-0.15, -0.1) is 0 Å². The van der Waals surface area contributed by atoms with Crippen LogP contribution in [0.2, 0.25) is 0 Å². The average Bonchev–Trinajstić information content (AvgIpc) is 3.42. The minimum Gasteiger partial charge on any atom is -0.0312 e. The molecule has 5 heteroatoms. The second-order valence-corrected chi connectivity index (χ2v) is 3.90. The van der Waals surface area contributed by atoms with Crippen molar-refractivity contribution in [1.29, 1.82) is 0 Å². The van der Waals surface area contributed by atoms with Crippen LogP contribution < -0.4 is 0 Å². The predicted molar refractivity (Wildman–Crippen MR) is 85.4 cm³/mol. The molecule has 1 unspecified atom stereocenters. The van der Waals surface area contributed by atoms with E-state index in [1.807, 2.05) is 56.4 Å². The van der Waals surface area contributed by atoms with E-state index in [4.69, 9.17) is 18.7 Å². The molecular formula is C20H16O4W-. The Labute approximate surface area is 164 Å². The number of ether oxygens (including phenoxy) is 1. The van der Waals surface area contributed by atoms with E-state index in [-0.39, 0.29) is 27.2 Å². The first-order valence-electron chi connectivity index (χ1n) is 6.59. The molecule has 1 fully saturated rings. The Kier molecular flexibility index (Phi) is 25.6. The number of benzene rings is 1. The number of rotatable bonds is 2. The summed E-state index contributed by atoms with van der Waals surface area (Å²) in [7, 11) is 0. The van der Waals surface area contributed by atoms with E-state index in [0.717, 1.165) is 5.57 Å². The molecule has 0 amide bonds. The third kappa shape index (κ3) is 12.6. The summed E-state index contributed by atoms with van der Waals surface area (Å²) in [5, 5.41) is 0. The average molecular weight is 504 g/mol. The maximum Gasteiger partial charge on any atom is 0 e.